The van der Waals surface area contributed by atoms with Crippen LogP contribution < -0.4 is 5.32 Å². The zero-order chi connectivity index (χ0) is 11.6. The van der Waals surface area contributed by atoms with Gasteiger partial charge in [-0.2, -0.15) is 0 Å². The highest BCUT2D eigenvalue weighted by atomic mass is 16.5. The normalized spacial score (nSPS) is 17.9. The van der Waals surface area contributed by atoms with Gasteiger partial charge in [-0.25, -0.2) is 0 Å². The average molecular weight is 221 g/mol. The Hall–Kier alpha value is -1.06. The van der Waals surface area contributed by atoms with Crippen molar-refractivity contribution in [3.05, 3.63) is 29.3 Å². The highest BCUT2D eigenvalue weighted by Gasteiger charge is 2.37. The number of hydrogen-bond acceptors (Lipinski definition) is 3. The summed E-state index contributed by atoms with van der Waals surface area (Å²) in [6, 6.07) is 6.36. The molecule has 1 heterocycles. The van der Waals surface area contributed by atoms with Crippen molar-refractivity contribution in [2.45, 2.75) is 13.8 Å². The first-order valence-corrected chi connectivity index (χ1v) is 5.65. The van der Waals surface area contributed by atoms with Crippen LogP contribution in [0.25, 0.3) is 0 Å². The van der Waals surface area contributed by atoms with Crippen LogP contribution in [-0.4, -0.2) is 31.5 Å². The van der Waals surface area contributed by atoms with E-state index in [0.717, 1.165) is 12.2 Å². The Bertz CT molecular complexity index is 367. The van der Waals surface area contributed by atoms with Crippen molar-refractivity contribution in [3.63, 3.8) is 0 Å². The van der Waals surface area contributed by atoms with Crippen LogP contribution in [0.1, 0.15) is 11.1 Å². The molecule has 1 saturated heterocycles. The van der Waals surface area contributed by atoms with Crippen molar-refractivity contribution in [3.8, 4) is 0 Å². The Kier molecular flexibility index (Phi) is 3.17. The highest BCUT2D eigenvalue weighted by Crippen LogP contribution is 2.28. The summed E-state index contributed by atoms with van der Waals surface area (Å²) in [5.74, 6) is 0. The van der Waals surface area contributed by atoms with Crippen LogP contribution in [0.15, 0.2) is 18.2 Å². The molecule has 0 spiro atoms. The van der Waals surface area contributed by atoms with E-state index >= 15 is 0 Å². The second kappa shape index (κ2) is 4.44. The fraction of sp³-hybridized carbons (Fsp3) is 0.538. The predicted molar refractivity (Wildman–Crippen MR) is 64.7 cm³/mol. The van der Waals surface area contributed by atoms with Gasteiger partial charge >= 0.3 is 0 Å². The molecule has 0 amide bonds. The molecule has 0 aliphatic carbocycles. The minimum absolute atomic E-state index is 0.0732. The van der Waals surface area contributed by atoms with Crippen molar-refractivity contribution in [2.24, 2.45) is 5.41 Å². The molecule has 1 aliphatic rings. The van der Waals surface area contributed by atoms with Crippen LogP contribution in [0.4, 0.5) is 5.69 Å². The first-order chi connectivity index (χ1) is 7.65. The SMILES string of the molecule is Cc1ccc(C)c(NCC2(CO)COC2)c1. The summed E-state index contributed by atoms with van der Waals surface area (Å²) in [6.07, 6.45) is 0. The number of ether oxygens (including phenoxy) is 1. The van der Waals surface area contributed by atoms with Crippen LogP contribution in [0.3, 0.4) is 0 Å². The molecule has 3 nitrogen and oxygen atoms in total. The van der Waals surface area contributed by atoms with Gasteiger partial charge in [-0.05, 0) is 31.0 Å². The third kappa shape index (κ3) is 2.20. The van der Waals surface area contributed by atoms with Gasteiger partial charge in [0, 0.05) is 12.2 Å². The van der Waals surface area contributed by atoms with Crippen molar-refractivity contribution in [1.82, 2.24) is 0 Å². The summed E-state index contributed by atoms with van der Waals surface area (Å²) in [5.41, 5.74) is 3.56. The van der Waals surface area contributed by atoms with Gasteiger partial charge in [0.1, 0.15) is 0 Å². The van der Waals surface area contributed by atoms with E-state index in [1.165, 1.54) is 11.1 Å². The molecule has 2 N–H and O–H groups in total. The van der Waals surface area contributed by atoms with Crippen molar-refractivity contribution in [1.29, 1.82) is 0 Å². The standard InChI is InChI=1S/C13H19NO2/c1-10-3-4-11(2)12(5-10)14-6-13(7-15)8-16-9-13/h3-5,14-15H,6-9H2,1-2H3. The van der Waals surface area contributed by atoms with E-state index in [-0.39, 0.29) is 12.0 Å². The van der Waals surface area contributed by atoms with Crippen molar-refractivity contribution < 1.29 is 9.84 Å². The quantitative estimate of drug-likeness (QED) is 0.813. The molecule has 1 aliphatic heterocycles. The predicted octanol–water partition coefficient (Wildman–Crippen LogP) is 1.72. The first-order valence-electron chi connectivity index (χ1n) is 5.65. The van der Waals surface area contributed by atoms with E-state index in [9.17, 15) is 5.11 Å². The summed E-state index contributed by atoms with van der Waals surface area (Å²) in [5, 5.41) is 12.7. The number of hydrogen-bond donors (Lipinski definition) is 2. The van der Waals surface area contributed by atoms with E-state index in [4.69, 9.17) is 4.74 Å². The molecule has 0 radical (unpaired) electrons. The molecule has 1 aromatic carbocycles. The first kappa shape index (κ1) is 11.4. The molecule has 0 bridgehead atoms. The summed E-state index contributed by atoms with van der Waals surface area (Å²) in [7, 11) is 0. The Morgan fingerprint density at radius 2 is 2.12 bits per heavy atom. The smallest absolute Gasteiger partial charge is 0.0584 e. The minimum Gasteiger partial charge on any atom is -0.396 e. The molecule has 2 rings (SSSR count). The third-order valence-electron chi connectivity index (χ3n) is 3.20. The Morgan fingerprint density at radius 3 is 2.69 bits per heavy atom. The summed E-state index contributed by atoms with van der Waals surface area (Å²) in [6.45, 7) is 6.44. The lowest BCUT2D eigenvalue weighted by atomic mass is 9.87. The van der Waals surface area contributed by atoms with Gasteiger partial charge < -0.3 is 15.2 Å². The van der Waals surface area contributed by atoms with Gasteiger partial charge in [0.25, 0.3) is 0 Å². The van der Waals surface area contributed by atoms with Crippen LogP contribution in [0, 0.1) is 19.3 Å². The number of rotatable bonds is 4. The molecule has 0 unspecified atom stereocenters. The fourth-order valence-electron chi connectivity index (χ4n) is 1.85. The largest absolute Gasteiger partial charge is 0.396 e. The lowest BCUT2D eigenvalue weighted by Crippen LogP contribution is -2.50. The molecule has 3 heteroatoms. The van der Waals surface area contributed by atoms with E-state index < -0.39 is 0 Å². The fourth-order valence-corrected chi connectivity index (χ4v) is 1.85. The molecule has 16 heavy (non-hydrogen) atoms. The van der Waals surface area contributed by atoms with E-state index in [1.54, 1.807) is 0 Å². The summed E-state index contributed by atoms with van der Waals surface area (Å²) in [4.78, 5) is 0. The summed E-state index contributed by atoms with van der Waals surface area (Å²) < 4.78 is 5.17. The minimum atomic E-state index is -0.0732. The number of nitrogens with one attached hydrogen (secondary N) is 1. The lowest BCUT2D eigenvalue weighted by Gasteiger charge is -2.40. The zero-order valence-corrected chi connectivity index (χ0v) is 9.92. The van der Waals surface area contributed by atoms with Crippen LogP contribution in [0.2, 0.25) is 0 Å². The van der Waals surface area contributed by atoms with E-state index in [1.807, 2.05) is 0 Å². The number of aryl methyl sites for hydroxylation is 2. The molecule has 0 atom stereocenters. The maximum absolute atomic E-state index is 9.32. The van der Waals surface area contributed by atoms with Crippen molar-refractivity contribution >= 4 is 5.69 Å². The average Bonchev–Trinajstić information content (AvgIpc) is 2.22. The van der Waals surface area contributed by atoms with Gasteiger partial charge in [-0.3, -0.25) is 0 Å². The second-order valence-corrected chi connectivity index (χ2v) is 4.82. The summed E-state index contributed by atoms with van der Waals surface area (Å²) >= 11 is 0. The van der Waals surface area contributed by atoms with Gasteiger partial charge in [-0.1, -0.05) is 12.1 Å². The molecule has 88 valence electrons. The Labute approximate surface area is 96.4 Å². The van der Waals surface area contributed by atoms with Crippen LogP contribution >= 0.6 is 0 Å². The van der Waals surface area contributed by atoms with E-state index in [2.05, 4.69) is 37.4 Å². The molecular formula is C13H19NO2. The van der Waals surface area contributed by atoms with Crippen LogP contribution in [0.5, 0.6) is 0 Å². The maximum Gasteiger partial charge on any atom is 0.0584 e. The molecule has 1 aromatic rings. The van der Waals surface area contributed by atoms with Gasteiger partial charge in [0.15, 0.2) is 0 Å². The lowest BCUT2D eigenvalue weighted by molar-refractivity contribution is -0.128. The molecule has 1 fully saturated rings. The Morgan fingerprint density at radius 1 is 1.38 bits per heavy atom. The van der Waals surface area contributed by atoms with E-state index in [0.29, 0.717) is 13.2 Å². The Balaban J connectivity index is 2.01. The molecular weight excluding hydrogens is 202 g/mol. The topological polar surface area (TPSA) is 41.5 Å². The highest BCUT2D eigenvalue weighted by molar-refractivity contribution is 5.52. The second-order valence-electron chi connectivity index (χ2n) is 4.82. The third-order valence-corrected chi connectivity index (χ3v) is 3.20. The number of benzene rings is 1. The van der Waals surface area contributed by atoms with Crippen LogP contribution in [-0.2, 0) is 4.74 Å². The monoisotopic (exact) mass is 221 g/mol. The molecule has 0 aromatic heterocycles. The number of aliphatic hydroxyl groups is 1. The number of anilines is 1. The van der Waals surface area contributed by atoms with Gasteiger partial charge in [0.2, 0.25) is 0 Å². The number of aliphatic hydroxyl groups excluding tert-OH is 1. The van der Waals surface area contributed by atoms with Crippen molar-refractivity contribution in [2.75, 3.05) is 31.7 Å². The van der Waals surface area contributed by atoms with Gasteiger partial charge in [-0.15, -0.1) is 0 Å². The molecule has 0 saturated carbocycles. The zero-order valence-electron chi connectivity index (χ0n) is 9.92. The maximum atomic E-state index is 9.32. The van der Waals surface area contributed by atoms with Gasteiger partial charge in [0.05, 0.1) is 25.2 Å².